The molecule has 12 heavy (non-hydrogen) atoms. The maximum absolute atomic E-state index is 10.7. The fourth-order valence-corrected chi connectivity index (χ4v) is 0.713. The van der Waals surface area contributed by atoms with E-state index in [1.54, 1.807) is 18.2 Å². The number of carbonyl (C=O) groups is 2. The second-order valence-corrected chi connectivity index (χ2v) is 2.00. The molecule has 0 amide bonds. The summed E-state index contributed by atoms with van der Waals surface area (Å²) in [6.07, 6.45) is 0. The van der Waals surface area contributed by atoms with Gasteiger partial charge in [-0.1, -0.05) is 30.3 Å². The van der Waals surface area contributed by atoms with E-state index in [9.17, 15) is 9.59 Å². The molecule has 1 rings (SSSR count). The van der Waals surface area contributed by atoms with Gasteiger partial charge < -0.3 is 5.11 Å². The zero-order valence-corrected chi connectivity index (χ0v) is 9.07. The van der Waals surface area contributed by atoms with Crippen LogP contribution < -0.4 is 0 Å². The molecule has 0 spiro atoms. The molecule has 0 aliphatic carbocycles. The Bertz CT molecular complexity index is 282. The fourth-order valence-electron chi connectivity index (χ4n) is 0.713. The molecule has 0 saturated heterocycles. The first kappa shape index (κ1) is 11.5. The van der Waals surface area contributed by atoms with E-state index in [1.165, 1.54) is 12.1 Å². The van der Waals surface area contributed by atoms with Gasteiger partial charge in [0.2, 0.25) is 0 Å². The number of hydrogen-bond donors (Lipinski definition) is 1. The van der Waals surface area contributed by atoms with Crippen molar-refractivity contribution in [1.29, 1.82) is 0 Å². The Morgan fingerprint density at radius 1 is 1.08 bits per heavy atom. The molecule has 1 radical (unpaired) electrons. The van der Waals surface area contributed by atoms with Crippen molar-refractivity contribution in [2.75, 3.05) is 0 Å². The second kappa shape index (κ2) is 5.17. The van der Waals surface area contributed by atoms with Crippen LogP contribution in [0.15, 0.2) is 30.3 Å². The van der Waals surface area contributed by atoms with Gasteiger partial charge in [0.05, 0.1) is 0 Å². The Morgan fingerprint density at radius 2 is 1.58 bits per heavy atom. The Hall–Kier alpha value is -0.536. The van der Waals surface area contributed by atoms with Gasteiger partial charge in [0.15, 0.2) is 0 Å². The second-order valence-electron chi connectivity index (χ2n) is 2.00. The summed E-state index contributed by atoms with van der Waals surface area (Å²) < 4.78 is 0. The monoisotopic (exact) mass is 239 g/mol. The van der Waals surface area contributed by atoms with Crippen molar-refractivity contribution in [3.63, 3.8) is 0 Å². The summed E-state index contributed by atoms with van der Waals surface area (Å²) in [5.74, 6) is -2.29. The van der Waals surface area contributed by atoms with E-state index in [4.69, 9.17) is 5.11 Å². The number of rotatable bonds is 2. The van der Waals surface area contributed by atoms with Gasteiger partial charge in [-0.25, -0.2) is 4.79 Å². The van der Waals surface area contributed by atoms with Gasteiger partial charge in [0.25, 0.3) is 5.78 Å². The zero-order chi connectivity index (χ0) is 8.27. The molecular formula is C8H6O3Y. The molecule has 0 heterocycles. The average Bonchev–Trinajstić information content (AvgIpc) is 2.05. The number of Topliss-reactive ketones (excluding diaryl/α,β-unsaturated/α-hetero) is 1. The van der Waals surface area contributed by atoms with Crippen LogP contribution in [0, 0.1) is 0 Å². The van der Waals surface area contributed by atoms with E-state index in [1.807, 2.05) is 0 Å². The summed E-state index contributed by atoms with van der Waals surface area (Å²) in [7, 11) is 0. The molecule has 0 aliphatic rings. The standard InChI is InChI=1S/C8H6O3.Y/c9-7(8(10)11)6-4-2-1-3-5-6;/h1-5H,(H,10,11);. The van der Waals surface area contributed by atoms with Gasteiger partial charge in [0, 0.05) is 38.3 Å². The minimum atomic E-state index is -1.42. The van der Waals surface area contributed by atoms with Crippen molar-refractivity contribution in [1.82, 2.24) is 0 Å². The molecule has 1 N–H and O–H groups in total. The van der Waals surface area contributed by atoms with Crippen molar-refractivity contribution in [2.24, 2.45) is 0 Å². The van der Waals surface area contributed by atoms with Crippen molar-refractivity contribution in [3.05, 3.63) is 35.9 Å². The van der Waals surface area contributed by atoms with Crippen molar-refractivity contribution in [3.8, 4) is 0 Å². The summed E-state index contributed by atoms with van der Waals surface area (Å²) in [5, 5.41) is 8.29. The van der Waals surface area contributed by atoms with Crippen molar-refractivity contribution < 1.29 is 47.4 Å². The van der Waals surface area contributed by atoms with Gasteiger partial charge in [0.1, 0.15) is 0 Å². The zero-order valence-electron chi connectivity index (χ0n) is 6.23. The Labute approximate surface area is 94.7 Å². The minimum absolute atomic E-state index is 0. The quantitative estimate of drug-likeness (QED) is 0.617. The van der Waals surface area contributed by atoms with E-state index in [0.717, 1.165) is 0 Å². The number of carboxylic acid groups (broad SMARTS) is 1. The van der Waals surface area contributed by atoms with Crippen LogP contribution in [0.4, 0.5) is 0 Å². The van der Waals surface area contributed by atoms with Gasteiger partial charge in [-0.05, 0) is 0 Å². The van der Waals surface area contributed by atoms with Crippen LogP contribution in [0.1, 0.15) is 10.4 Å². The molecule has 0 unspecified atom stereocenters. The maximum Gasteiger partial charge on any atom is 0.377 e. The third-order valence-electron chi connectivity index (χ3n) is 1.23. The molecule has 3 nitrogen and oxygen atoms in total. The van der Waals surface area contributed by atoms with Crippen LogP contribution in [0.5, 0.6) is 0 Å². The molecular weight excluding hydrogens is 233 g/mol. The fraction of sp³-hybridized carbons (Fsp3) is 0. The number of aliphatic carboxylic acids is 1. The molecule has 0 aliphatic heterocycles. The van der Waals surface area contributed by atoms with E-state index >= 15 is 0 Å². The minimum Gasteiger partial charge on any atom is -0.475 e. The SMILES string of the molecule is O=C(O)C(=O)c1ccccc1.[Y]. The Kier molecular flexibility index (Phi) is 4.94. The molecule has 1 aromatic rings. The number of ketones is 1. The predicted molar refractivity (Wildman–Crippen MR) is 38.4 cm³/mol. The van der Waals surface area contributed by atoms with Crippen molar-refractivity contribution in [2.45, 2.75) is 0 Å². The van der Waals surface area contributed by atoms with E-state index < -0.39 is 11.8 Å². The number of carboxylic acids is 1. The summed E-state index contributed by atoms with van der Waals surface area (Å²) in [6.45, 7) is 0. The predicted octanol–water partition coefficient (Wildman–Crippen LogP) is 0.951. The third-order valence-corrected chi connectivity index (χ3v) is 1.23. The third kappa shape index (κ3) is 2.84. The first-order valence-electron chi connectivity index (χ1n) is 3.04. The Morgan fingerprint density at radius 3 is 2.00 bits per heavy atom. The summed E-state index contributed by atoms with van der Waals surface area (Å²) in [4.78, 5) is 20.9. The van der Waals surface area contributed by atoms with Gasteiger partial charge >= 0.3 is 5.97 Å². The smallest absolute Gasteiger partial charge is 0.377 e. The first-order chi connectivity index (χ1) is 5.22. The van der Waals surface area contributed by atoms with Crippen LogP contribution in [-0.4, -0.2) is 16.9 Å². The summed E-state index contributed by atoms with van der Waals surface area (Å²) >= 11 is 0. The normalized spacial score (nSPS) is 8.33. The van der Waals surface area contributed by atoms with Gasteiger partial charge in [-0.3, -0.25) is 4.79 Å². The molecule has 0 aromatic heterocycles. The van der Waals surface area contributed by atoms with Crippen LogP contribution >= 0.6 is 0 Å². The van der Waals surface area contributed by atoms with Crippen molar-refractivity contribution >= 4 is 11.8 Å². The van der Waals surface area contributed by atoms with Gasteiger partial charge in [-0.2, -0.15) is 0 Å². The summed E-state index contributed by atoms with van der Waals surface area (Å²) in [6, 6.07) is 7.90. The largest absolute Gasteiger partial charge is 0.475 e. The Balaban J connectivity index is 0.00000121. The van der Waals surface area contributed by atoms with Crippen LogP contribution in [0.25, 0.3) is 0 Å². The average molecular weight is 239 g/mol. The molecule has 0 fully saturated rings. The molecule has 0 bridgehead atoms. The van der Waals surface area contributed by atoms with Crippen LogP contribution in [0.2, 0.25) is 0 Å². The van der Waals surface area contributed by atoms with E-state index in [0.29, 0.717) is 0 Å². The molecule has 1 aromatic carbocycles. The molecule has 0 atom stereocenters. The number of hydrogen-bond acceptors (Lipinski definition) is 2. The molecule has 59 valence electrons. The van der Waals surface area contributed by atoms with E-state index in [2.05, 4.69) is 0 Å². The van der Waals surface area contributed by atoms with Gasteiger partial charge in [-0.15, -0.1) is 0 Å². The van der Waals surface area contributed by atoms with Crippen LogP contribution in [0.3, 0.4) is 0 Å². The molecule has 0 saturated carbocycles. The topological polar surface area (TPSA) is 54.4 Å². The maximum atomic E-state index is 10.7. The molecule has 4 heteroatoms. The number of benzene rings is 1. The first-order valence-corrected chi connectivity index (χ1v) is 3.04. The van der Waals surface area contributed by atoms with Crippen LogP contribution in [-0.2, 0) is 37.5 Å². The number of carbonyl (C=O) groups excluding carboxylic acids is 1. The van der Waals surface area contributed by atoms with E-state index in [-0.39, 0.29) is 38.3 Å². The summed E-state index contributed by atoms with van der Waals surface area (Å²) in [5.41, 5.74) is 0.208.